The summed E-state index contributed by atoms with van der Waals surface area (Å²) in [5, 5.41) is 2.96. The zero-order valence-corrected chi connectivity index (χ0v) is 25.7. The lowest BCUT2D eigenvalue weighted by Gasteiger charge is -2.39. The van der Waals surface area contributed by atoms with Crippen molar-refractivity contribution in [1.82, 2.24) is 9.80 Å². The van der Waals surface area contributed by atoms with Crippen LogP contribution in [0.15, 0.2) is 97.1 Å². The molecule has 8 nitrogen and oxygen atoms in total. The standard InChI is InChI=1S/C34H37FN4O4S/c1-25-5-3-4-6-27(25)24-39(34(40)36-29-11-9-28(35)10-12-29)31-19-21-38(22-20-31)23-26-7-15-32(16-8-26)43-33-17-13-30(14-18-33)37-44(2,41)42/h3-18,31,37H,19-24H2,1-2H3,(H,36,40). The molecule has 0 aromatic heterocycles. The Morgan fingerprint density at radius 3 is 2.09 bits per heavy atom. The van der Waals surface area contributed by atoms with Gasteiger partial charge in [-0.3, -0.25) is 9.62 Å². The molecule has 2 amide bonds. The quantitative estimate of drug-likeness (QED) is 0.200. The summed E-state index contributed by atoms with van der Waals surface area (Å²) in [7, 11) is -3.33. The monoisotopic (exact) mass is 616 g/mol. The van der Waals surface area contributed by atoms with E-state index in [1.54, 1.807) is 36.4 Å². The summed E-state index contributed by atoms with van der Waals surface area (Å²) in [6, 6.07) is 28.5. The largest absolute Gasteiger partial charge is 0.457 e. The zero-order chi connectivity index (χ0) is 31.1. The molecular weight excluding hydrogens is 579 g/mol. The van der Waals surface area contributed by atoms with E-state index < -0.39 is 10.0 Å². The minimum absolute atomic E-state index is 0.0705. The molecule has 0 unspecified atom stereocenters. The van der Waals surface area contributed by atoms with E-state index >= 15 is 0 Å². The topological polar surface area (TPSA) is 91.0 Å². The maximum absolute atomic E-state index is 13.5. The van der Waals surface area contributed by atoms with E-state index in [9.17, 15) is 17.6 Å². The van der Waals surface area contributed by atoms with Crippen LogP contribution in [0.1, 0.15) is 29.5 Å². The molecule has 1 heterocycles. The second kappa shape index (κ2) is 13.9. The molecule has 1 aliphatic rings. The molecule has 44 heavy (non-hydrogen) atoms. The number of anilines is 2. The molecule has 1 saturated heterocycles. The molecule has 230 valence electrons. The highest BCUT2D eigenvalue weighted by Gasteiger charge is 2.28. The molecule has 4 aromatic rings. The number of nitrogens with zero attached hydrogens (tertiary/aromatic N) is 2. The molecule has 5 rings (SSSR count). The van der Waals surface area contributed by atoms with Crippen molar-refractivity contribution in [2.24, 2.45) is 0 Å². The number of benzene rings is 4. The SMILES string of the molecule is Cc1ccccc1CN(C(=O)Nc1ccc(F)cc1)C1CCN(Cc2ccc(Oc3ccc(NS(C)(=O)=O)cc3)cc2)CC1. The van der Waals surface area contributed by atoms with Crippen LogP contribution in [0, 0.1) is 12.7 Å². The summed E-state index contributed by atoms with van der Waals surface area (Å²) in [5.74, 6) is 0.957. The van der Waals surface area contributed by atoms with Crippen molar-refractivity contribution in [3.8, 4) is 11.5 Å². The number of amides is 2. The van der Waals surface area contributed by atoms with Gasteiger partial charge in [0, 0.05) is 43.6 Å². The molecule has 0 spiro atoms. The summed E-state index contributed by atoms with van der Waals surface area (Å²) < 4.78 is 44.6. The van der Waals surface area contributed by atoms with Crippen LogP contribution in [0.25, 0.3) is 0 Å². The van der Waals surface area contributed by atoms with Gasteiger partial charge in [-0.25, -0.2) is 17.6 Å². The molecular formula is C34H37FN4O4S. The fraction of sp³-hybridized carbons (Fsp3) is 0.265. The van der Waals surface area contributed by atoms with Gasteiger partial charge >= 0.3 is 6.03 Å². The van der Waals surface area contributed by atoms with Gasteiger partial charge in [0.15, 0.2) is 0 Å². The van der Waals surface area contributed by atoms with Gasteiger partial charge in [0.1, 0.15) is 17.3 Å². The van der Waals surface area contributed by atoms with Gasteiger partial charge in [0.25, 0.3) is 0 Å². The van der Waals surface area contributed by atoms with E-state index in [4.69, 9.17) is 4.74 Å². The highest BCUT2D eigenvalue weighted by molar-refractivity contribution is 7.92. The fourth-order valence-corrected chi connectivity index (χ4v) is 5.88. The average molecular weight is 617 g/mol. The lowest BCUT2D eigenvalue weighted by atomic mass is 10.0. The third kappa shape index (κ3) is 8.81. The Hall–Kier alpha value is -4.41. The number of carbonyl (C=O) groups excluding carboxylic acids is 1. The molecule has 1 fully saturated rings. The van der Waals surface area contributed by atoms with Crippen molar-refractivity contribution < 1.29 is 22.3 Å². The number of hydrogen-bond donors (Lipinski definition) is 2. The van der Waals surface area contributed by atoms with E-state index in [1.807, 2.05) is 41.3 Å². The number of halogens is 1. The Morgan fingerprint density at radius 1 is 0.886 bits per heavy atom. The first kappa shape index (κ1) is 31.0. The van der Waals surface area contributed by atoms with Crippen molar-refractivity contribution in [2.75, 3.05) is 29.4 Å². The second-order valence-corrected chi connectivity index (χ2v) is 12.9. The van der Waals surface area contributed by atoms with Crippen molar-refractivity contribution >= 4 is 27.4 Å². The van der Waals surface area contributed by atoms with Crippen molar-refractivity contribution in [2.45, 2.75) is 38.9 Å². The van der Waals surface area contributed by atoms with Gasteiger partial charge in [0.05, 0.1) is 6.26 Å². The second-order valence-electron chi connectivity index (χ2n) is 11.1. The maximum Gasteiger partial charge on any atom is 0.322 e. The average Bonchev–Trinajstić information content (AvgIpc) is 3.00. The molecule has 0 bridgehead atoms. The van der Waals surface area contributed by atoms with Crippen LogP contribution in [0.2, 0.25) is 0 Å². The molecule has 2 N–H and O–H groups in total. The third-order valence-corrected chi connectivity index (χ3v) is 8.29. The minimum Gasteiger partial charge on any atom is -0.457 e. The number of nitrogens with one attached hydrogen (secondary N) is 2. The van der Waals surface area contributed by atoms with Gasteiger partial charge in [-0.15, -0.1) is 0 Å². The van der Waals surface area contributed by atoms with Crippen LogP contribution in [-0.4, -0.2) is 49.6 Å². The number of hydrogen-bond acceptors (Lipinski definition) is 5. The molecule has 0 aliphatic carbocycles. The van der Waals surface area contributed by atoms with Crippen molar-refractivity contribution in [1.29, 1.82) is 0 Å². The first-order chi connectivity index (χ1) is 21.1. The predicted molar refractivity (Wildman–Crippen MR) is 172 cm³/mol. The van der Waals surface area contributed by atoms with Crippen LogP contribution in [-0.2, 0) is 23.1 Å². The van der Waals surface area contributed by atoms with Crippen LogP contribution in [0.5, 0.6) is 11.5 Å². The number of rotatable bonds is 10. The van der Waals surface area contributed by atoms with Crippen LogP contribution >= 0.6 is 0 Å². The molecule has 0 radical (unpaired) electrons. The summed E-state index contributed by atoms with van der Waals surface area (Å²) >= 11 is 0. The highest BCUT2D eigenvalue weighted by atomic mass is 32.2. The van der Waals surface area contributed by atoms with Crippen LogP contribution in [0.4, 0.5) is 20.6 Å². The van der Waals surface area contributed by atoms with E-state index in [0.717, 1.165) is 55.4 Å². The number of ether oxygens (including phenoxy) is 1. The molecule has 0 saturated carbocycles. The fourth-order valence-electron chi connectivity index (χ4n) is 5.32. The summed E-state index contributed by atoms with van der Waals surface area (Å²) in [4.78, 5) is 17.8. The summed E-state index contributed by atoms with van der Waals surface area (Å²) in [6.45, 7) is 5.05. The maximum atomic E-state index is 13.5. The molecule has 0 atom stereocenters. The number of sulfonamides is 1. The first-order valence-corrected chi connectivity index (χ1v) is 16.5. The normalized spacial score (nSPS) is 14.2. The van der Waals surface area contributed by atoms with E-state index in [-0.39, 0.29) is 17.9 Å². The first-order valence-electron chi connectivity index (χ1n) is 14.6. The van der Waals surface area contributed by atoms with Crippen molar-refractivity contribution in [3.63, 3.8) is 0 Å². The van der Waals surface area contributed by atoms with E-state index in [1.165, 1.54) is 12.1 Å². The zero-order valence-electron chi connectivity index (χ0n) is 24.9. The number of piperidine rings is 1. The Kier molecular flexibility index (Phi) is 9.82. The van der Waals surface area contributed by atoms with Gasteiger partial charge in [-0.2, -0.15) is 0 Å². The van der Waals surface area contributed by atoms with Gasteiger partial charge in [0.2, 0.25) is 10.0 Å². The van der Waals surface area contributed by atoms with Crippen LogP contribution < -0.4 is 14.8 Å². The smallest absolute Gasteiger partial charge is 0.322 e. The van der Waals surface area contributed by atoms with E-state index in [2.05, 4.69) is 34.0 Å². The number of urea groups is 1. The lowest BCUT2D eigenvalue weighted by molar-refractivity contribution is 0.119. The molecule has 1 aliphatic heterocycles. The Morgan fingerprint density at radius 2 is 1.48 bits per heavy atom. The predicted octanol–water partition coefficient (Wildman–Crippen LogP) is 7.00. The molecule has 10 heteroatoms. The number of likely N-dealkylation sites (tertiary alicyclic amines) is 1. The Balaban J connectivity index is 1.17. The van der Waals surface area contributed by atoms with Crippen LogP contribution in [0.3, 0.4) is 0 Å². The van der Waals surface area contributed by atoms with Crippen molar-refractivity contribution in [3.05, 3.63) is 120 Å². The minimum atomic E-state index is -3.33. The number of carbonyl (C=O) groups is 1. The third-order valence-electron chi connectivity index (χ3n) is 7.68. The van der Waals surface area contributed by atoms with Gasteiger partial charge in [-0.1, -0.05) is 36.4 Å². The number of aryl methyl sites for hydroxylation is 1. The lowest BCUT2D eigenvalue weighted by Crippen LogP contribution is -2.48. The van der Waals surface area contributed by atoms with Gasteiger partial charge in [-0.05, 0) is 97.1 Å². The highest BCUT2D eigenvalue weighted by Crippen LogP contribution is 2.26. The Labute approximate surface area is 258 Å². The Bertz CT molecular complexity index is 1660. The molecule has 4 aromatic carbocycles. The summed E-state index contributed by atoms with van der Waals surface area (Å²) in [6.07, 6.45) is 2.79. The van der Waals surface area contributed by atoms with E-state index in [0.29, 0.717) is 29.4 Å². The summed E-state index contributed by atoms with van der Waals surface area (Å²) in [5.41, 5.74) is 4.45. The van der Waals surface area contributed by atoms with Gasteiger partial charge < -0.3 is 15.0 Å².